The molecule has 1 unspecified atom stereocenters. The maximum atomic E-state index is 9.67. The van der Waals surface area contributed by atoms with E-state index in [1.807, 2.05) is 30.5 Å². The third kappa shape index (κ3) is 4.18. The minimum absolute atomic E-state index is 0.151. The number of aliphatic hydroxyl groups is 1. The van der Waals surface area contributed by atoms with E-state index >= 15 is 0 Å². The van der Waals surface area contributed by atoms with Crippen molar-refractivity contribution in [1.82, 2.24) is 9.97 Å². The number of benzene rings is 1. The Hall–Kier alpha value is -2.71. The van der Waals surface area contributed by atoms with Crippen LogP contribution in [0.5, 0.6) is 0 Å². The number of rotatable bonds is 5. The minimum atomic E-state index is -0.151. The SMILES string of the molecule is O[C@H]1CC[C@H](Nc2cccc(Nc3nc4ccc(C5C=NOC5)cc4s3)n2)CC1. The first-order valence-electron chi connectivity index (χ1n) is 9.97. The van der Waals surface area contributed by atoms with Gasteiger partial charge in [0.25, 0.3) is 0 Å². The van der Waals surface area contributed by atoms with Gasteiger partial charge in [-0.25, -0.2) is 9.97 Å². The van der Waals surface area contributed by atoms with E-state index in [2.05, 4.69) is 37.9 Å². The average Bonchev–Trinajstić information content (AvgIpc) is 3.39. The van der Waals surface area contributed by atoms with Crippen LogP contribution in [0.2, 0.25) is 0 Å². The molecule has 0 amide bonds. The number of hydrogen-bond donors (Lipinski definition) is 3. The predicted octanol–water partition coefficient (Wildman–Crippen LogP) is 4.25. The Kier molecular flexibility index (Phi) is 5.03. The lowest BCUT2D eigenvalue weighted by Crippen LogP contribution is -2.28. The minimum Gasteiger partial charge on any atom is -0.395 e. The number of oxime groups is 1. The number of hydrogen-bond acceptors (Lipinski definition) is 8. The number of thiazole rings is 1. The van der Waals surface area contributed by atoms with Crippen molar-refractivity contribution in [3.8, 4) is 0 Å². The van der Waals surface area contributed by atoms with E-state index in [-0.39, 0.29) is 12.0 Å². The second-order valence-corrected chi connectivity index (χ2v) is 8.62. The van der Waals surface area contributed by atoms with Gasteiger partial charge in [0.15, 0.2) is 5.13 Å². The van der Waals surface area contributed by atoms with Crippen LogP contribution in [0, 0.1) is 0 Å². The lowest BCUT2D eigenvalue weighted by Gasteiger charge is -2.26. The molecule has 5 rings (SSSR count). The van der Waals surface area contributed by atoms with Crippen LogP contribution in [0.4, 0.5) is 16.8 Å². The number of nitrogens with zero attached hydrogens (tertiary/aromatic N) is 3. The van der Waals surface area contributed by atoms with Crippen molar-refractivity contribution in [2.24, 2.45) is 5.16 Å². The van der Waals surface area contributed by atoms with Crippen LogP contribution in [0.25, 0.3) is 10.2 Å². The lowest BCUT2D eigenvalue weighted by molar-refractivity contribution is 0.126. The van der Waals surface area contributed by atoms with Gasteiger partial charge in [0.1, 0.15) is 18.2 Å². The molecule has 3 aromatic rings. The van der Waals surface area contributed by atoms with Gasteiger partial charge < -0.3 is 20.6 Å². The van der Waals surface area contributed by atoms with E-state index in [1.165, 1.54) is 5.56 Å². The number of anilines is 3. The number of aromatic nitrogens is 2. The summed E-state index contributed by atoms with van der Waals surface area (Å²) >= 11 is 1.61. The second-order valence-electron chi connectivity index (χ2n) is 7.59. The quantitative estimate of drug-likeness (QED) is 0.583. The fraction of sp³-hybridized carbons (Fsp3) is 0.381. The van der Waals surface area contributed by atoms with Crippen LogP contribution >= 0.6 is 11.3 Å². The molecule has 7 nitrogen and oxygen atoms in total. The molecule has 1 aliphatic heterocycles. The standard InChI is InChI=1S/C21H23N5O2S/c27-16-7-5-15(6-8-16)23-19-2-1-3-20(25-19)26-21-24-17-9-4-13(10-18(17)29-21)14-11-22-28-12-14/h1-4,9-11,14-16,27H,5-8,12H2,(H2,23,24,25,26)/t14?,15-,16-. The monoisotopic (exact) mass is 409 g/mol. The zero-order valence-electron chi connectivity index (χ0n) is 15.9. The summed E-state index contributed by atoms with van der Waals surface area (Å²) in [5.74, 6) is 1.82. The molecule has 1 saturated carbocycles. The molecule has 1 atom stereocenters. The maximum Gasteiger partial charge on any atom is 0.189 e. The fourth-order valence-corrected chi connectivity index (χ4v) is 4.74. The summed E-state index contributed by atoms with van der Waals surface area (Å²) < 4.78 is 1.13. The Balaban J connectivity index is 1.29. The topological polar surface area (TPSA) is 91.7 Å². The molecule has 8 heteroatoms. The largest absolute Gasteiger partial charge is 0.395 e. The second kappa shape index (κ2) is 7.96. The summed E-state index contributed by atoms with van der Waals surface area (Å²) in [5, 5.41) is 21.2. The Morgan fingerprint density at radius 2 is 1.90 bits per heavy atom. The smallest absolute Gasteiger partial charge is 0.189 e. The summed E-state index contributed by atoms with van der Waals surface area (Å²) in [6.07, 6.45) is 5.33. The molecular formula is C21H23N5O2S. The molecule has 3 N–H and O–H groups in total. The van der Waals surface area contributed by atoms with Crippen molar-refractivity contribution < 1.29 is 9.94 Å². The summed E-state index contributed by atoms with van der Waals surface area (Å²) in [6, 6.07) is 12.6. The van der Waals surface area contributed by atoms with Crippen LogP contribution in [-0.4, -0.2) is 40.0 Å². The van der Waals surface area contributed by atoms with Gasteiger partial charge in [0, 0.05) is 6.04 Å². The van der Waals surface area contributed by atoms with Crippen LogP contribution in [0.3, 0.4) is 0 Å². The van der Waals surface area contributed by atoms with Crippen molar-refractivity contribution in [2.75, 3.05) is 17.2 Å². The third-order valence-electron chi connectivity index (χ3n) is 5.44. The molecule has 1 fully saturated rings. The molecule has 0 saturated heterocycles. The van der Waals surface area contributed by atoms with E-state index in [4.69, 9.17) is 4.84 Å². The highest BCUT2D eigenvalue weighted by atomic mass is 32.1. The molecule has 0 spiro atoms. The van der Waals surface area contributed by atoms with Crippen molar-refractivity contribution in [3.05, 3.63) is 42.0 Å². The van der Waals surface area contributed by atoms with Crippen LogP contribution in [0.15, 0.2) is 41.6 Å². The van der Waals surface area contributed by atoms with Crippen molar-refractivity contribution in [1.29, 1.82) is 0 Å². The average molecular weight is 410 g/mol. The highest BCUT2D eigenvalue weighted by molar-refractivity contribution is 7.22. The Morgan fingerprint density at radius 3 is 2.72 bits per heavy atom. The first-order valence-corrected chi connectivity index (χ1v) is 10.8. The first kappa shape index (κ1) is 18.3. The molecule has 1 aliphatic carbocycles. The highest BCUT2D eigenvalue weighted by Gasteiger charge is 2.19. The molecular weight excluding hydrogens is 386 g/mol. The summed E-state index contributed by atoms with van der Waals surface area (Å²) in [7, 11) is 0. The molecule has 29 heavy (non-hydrogen) atoms. The Bertz CT molecular complexity index is 1030. The van der Waals surface area contributed by atoms with Gasteiger partial charge in [0.2, 0.25) is 0 Å². The summed E-state index contributed by atoms with van der Waals surface area (Å²) in [5.41, 5.74) is 2.16. The zero-order chi connectivity index (χ0) is 19.6. The van der Waals surface area contributed by atoms with E-state index < -0.39 is 0 Å². The van der Waals surface area contributed by atoms with Crippen LogP contribution in [0.1, 0.15) is 37.2 Å². The molecule has 1 aromatic carbocycles. The van der Waals surface area contributed by atoms with Crippen molar-refractivity contribution in [2.45, 2.75) is 43.7 Å². The molecule has 150 valence electrons. The number of nitrogens with one attached hydrogen (secondary N) is 2. The van der Waals surface area contributed by atoms with E-state index in [1.54, 1.807) is 11.3 Å². The first-order chi connectivity index (χ1) is 14.2. The van der Waals surface area contributed by atoms with Gasteiger partial charge >= 0.3 is 0 Å². The molecule has 2 aromatic heterocycles. The van der Waals surface area contributed by atoms with Crippen LogP contribution < -0.4 is 10.6 Å². The molecule has 0 radical (unpaired) electrons. The highest BCUT2D eigenvalue weighted by Crippen LogP contribution is 2.31. The van der Waals surface area contributed by atoms with E-state index in [0.717, 1.165) is 52.7 Å². The van der Waals surface area contributed by atoms with Gasteiger partial charge in [-0.2, -0.15) is 0 Å². The van der Waals surface area contributed by atoms with E-state index in [0.29, 0.717) is 12.6 Å². The van der Waals surface area contributed by atoms with Crippen molar-refractivity contribution in [3.63, 3.8) is 0 Å². The lowest BCUT2D eigenvalue weighted by atomic mass is 9.93. The Labute approximate surface area is 172 Å². The number of pyridine rings is 1. The number of fused-ring (bicyclic) bond motifs is 1. The van der Waals surface area contributed by atoms with Gasteiger partial charge in [-0.3, -0.25) is 0 Å². The van der Waals surface area contributed by atoms with E-state index in [9.17, 15) is 5.11 Å². The zero-order valence-corrected chi connectivity index (χ0v) is 16.7. The van der Waals surface area contributed by atoms with Gasteiger partial charge in [-0.1, -0.05) is 28.6 Å². The normalized spacial score (nSPS) is 23.8. The Morgan fingerprint density at radius 1 is 1.03 bits per heavy atom. The summed E-state index contributed by atoms with van der Waals surface area (Å²) in [4.78, 5) is 14.5. The van der Waals surface area contributed by atoms with Crippen LogP contribution in [-0.2, 0) is 4.84 Å². The van der Waals surface area contributed by atoms with Gasteiger partial charge in [-0.15, -0.1) is 0 Å². The molecule has 2 aliphatic rings. The molecule has 3 heterocycles. The maximum absolute atomic E-state index is 9.67. The van der Waals surface area contributed by atoms with Crippen molar-refractivity contribution >= 4 is 44.5 Å². The fourth-order valence-electron chi connectivity index (χ4n) is 3.81. The predicted molar refractivity (Wildman–Crippen MR) is 116 cm³/mol. The van der Waals surface area contributed by atoms with Gasteiger partial charge in [0.05, 0.1) is 28.5 Å². The molecule has 0 bridgehead atoms. The summed E-state index contributed by atoms with van der Waals surface area (Å²) in [6.45, 7) is 0.596. The number of aliphatic hydroxyl groups excluding tert-OH is 1. The third-order valence-corrected chi connectivity index (χ3v) is 6.38. The van der Waals surface area contributed by atoms with Gasteiger partial charge in [-0.05, 0) is 55.5 Å².